The van der Waals surface area contributed by atoms with Crippen LogP contribution in [0.15, 0.2) is 46.7 Å². The van der Waals surface area contributed by atoms with Crippen LogP contribution >= 0.6 is 11.3 Å². The second-order valence-electron chi connectivity index (χ2n) is 5.07. The maximum atomic E-state index is 12.2. The van der Waals surface area contributed by atoms with Gasteiger partial charge < -0.3 is 5.32 Å². The van der Waals surface area contributed by atoms with Crippen LogP contribution < -0.4 is 10.0 Å². The van der Waals surface area contributed by atoms with E-state index in [1.807, 2.05) is 36.4 Å². The molecule has 2 aromatic rings. The SMILES string of the molecule is CC(C)NCc1ccc(S(=O)(=O)NCc2ccccc2)s1. The van der Waals surface area contributed by atoms with Crippen molar-refractivity contribution in [1.82, 2.24) is 10.0 Å². The van der Waals surface area contributed by atoms with E-state index >= 15 is 0 Å². The molecule has 0 unspecified atom stereocenters. The Kier molecular flexibility index (Phi) is 5.52. The molecule has 2 rings (SSSR count). The van der Waals surface area contributed by atoms with Gasteiger partial charge in [-0.3, -0.25) is 0 Å². The Morgan fingerprint density at radius 2 is 1.76 bits per heavy atom. The summed E-state index contributed by atoms with van der Waals surface area (Å²) in [6, 6.07) is 13.4. The molecule has 0 aliphatic heterocycles. The number of sulfonamides is 1. The summed E-state index contributed by atoms with van der Waals surface area (Å²) >= 11 is 1.30. The van der Waals surface area contributed by atoms with Crippen LogP contribution in [0.5, 0.6) is 0 Å². The van der Waals surface area contributed by atoms with Crippen molar-refractivity contribution in [3.63, 3.8) is 0 Å². The van der Waals surface area contributed by atoms with Crippen LogP contribution in [0.2, 0.25) is 0 Å². The highest BCUT2D eigenvalue weighted by Crippen LogP contribution is 2.21. The molecule has 0 saturated carbocycles. The summed E-state index contributed by atoms with van der Waals surface area (Å²) in [6.45, 7) is 5.12. The van der Waals surface area contributed by atoms with Gasteiger partial charge in [-0.1, -0.05) is 44.2 Å². The zero-order valence-corrected chi connectivity index (χ0v) is 13.8. The third-order valence-electron chi connectivity index (χ3n) is 2.90. The summed E-state index contributed by atoms with van der Waals surface area (Å²) in [5.41, 5.74) is 0.944. The molecule has 0 spiro atoms. The van der Waals surface area contributed by atoms with Gasteiger partial charge in [0.05, 0.1) is 0 Å². The third-order valence-corrected chi connectivity index (χ3v) is 5.87. The number of benzene rings is 1. The van der Waals surface area contributed by atoms with Gasteiger partial charge in [0.15, 0.2) is 0 Å². The fraction of sp³-hybridized carbons (Fsp3) is 0.333. The first-order valence-corrected chi connectivity index (χ1v) is 9.13. The van der Waals surface area contributed by atoms with Crippen molar-refractivity contribution < 1.29 is 8.42 Å². The number of nitrogens with one attached hydrogen (secondary N) is 2. The average Bonchev–Trinajstić information content (AvgIpc) is 2.94. The molecule has 0 fully saturated rings. The number of hydrogen-bond acceptors (Lipinski definition) is 4. The lowest BCUT2D eigenvalue weighted by atomic mass is 10.2. The van der Waals surface area contributed by atoms with Crippen molar-refractivity contribution in [2.75, 3.05) is 0 Å². The first kappa shape index (κ1) is 16.2. The summed E-state index contributed by atoms with van der Waals surface area (Å²) in [5, 5.41) is 3.28. The molecule has 0 aliphatic rings. The van der Waals surface area contributed by atoms with Gasteiger partial charge in [-0.05, 0) is 17.7 Å². The molecule has 6 heteroatoms. The van der Waals surface area contributed by atoms with Crippen LogP contribution in [-0.2, 0) is 23.1 Å². The number of thiophene rings is 1. The highest BCUT2D eigenvalue weighted by Gasteiger charge is 2.16. The Balaban J connectivity index is 1.99. The van der Waals surface area contributed by atoms with Gasteiger partial charge in [0.2, 0.25) is 10.0 Å². The van der Waals surface area contributed by atoms with Gasteiger partial charge >= 0.3 is 0 Å². The van der Waals surface area contributed by atoms with Gasteiger partial charge in [-0.25, -0.2) is 13.1 Å². The maximum Gasteiger partial charge on any atom is 0.250 e. The predicted octanol–water partition coefficient (Wildman–Crippen LogP) is 2.72. The first-order valence-electron chi connectivity index (χ1n) is 6.83. The lowest BCUT2D eigenvalue weighted by Crippen LogP contribution is -2.22. The van der Waals surface area contributed by atoms with Crippen molar-refractivity contribution >= 4 is 21.4 Å². The molecule has 1 heterocycles. The van der Waals surface area contributed by atoms with E-state index in [2.05, 4.69) is 23.9 Å². The molecule has 114 valence electrons. The molecule has 1 aromatic heterocycles. The van der Waals surface area contributed by atoms with E-state index in [-0.39, 0.29) is 0 Å². The van der Waals surface area contributed by atoms with E-state index in [0.29, 0.717) is 23.3 Å². The van der Waals surface area contributed by atoms with Gasteiger partial charge in [-0.2, -0.15) is 0 Å². The van der Waals surface area contributed by atoms with E-state index in [4.69, 9.17) is 0 Å². The van der Waals surface area contributed by atoms with Gasteiger partial charge in [-0.15, -0.1) is 11.3 Å². The highest BCUT2D eigenvalue weighted by atomic mass is 32.2. The summed E-state index contributed by atoms with van der Waals surface area (Å²) in [6.07, 6.45) is 0. The number of hydrogen-bond donors (Lipinski definition) is 2. The second kappa shape index (κ2) is 7.17. The zero-order chi connectivity index (χ0) is 15.3. The number of rotatable bonds is 7. The Morgan fingerprint density at radius 1 is 1.05 bits per heavy atom. The smallest absolute Gasteiger partial charge is 0.250 e. The van der Waals surface area contributed by atoms with Gasteiger partial charge in [0.1, 0.15) is 4.21 Å². The zero-order valence-electron chi connectivity index (χ0n) is 12.2. The second-order valence-corrected chi connectivity index (χ2v) is 8.23. The normalized spacial score (nSPS) is 12.0. The minimum Gasteiger partial charge on any atom is -0.310 e. The molecule has 0 atom stereocenters. The molecular weight excluding hydrogens is 304 g/mol. The van der Waals surface area contributed by atoms with Crippen LogP contribution in [0, 0.1) is 0 Å². The van der Waals surface area contributed by atoms with E-state index in [9.17, 15) is 8.42 Å². The quantitative estimate of drug-likeness (QED) is 0.823. The Labute approximate surface area is 130 Å². The maximum absolute atomic E-state index is 12.2. The Morgan fingerprint density at radius 3 is 2.43 bits per heavy atom. The molecule has 0 bridgehead atoms. The summed E-state index contributed by atoms with van der Waals surface area (Å²) in [4.78, 5) is 1.02. The summed E-state index contributed by atoms with van der Waals surface area (Å²) in [7, 11) is -3.44. The van der Waals surface area contributed by atoms with Crippen LogP contribution in [0.1, 0.15) is 24.3 Å². The molecule has 0 saturated heterocycles. The lowest BCUT2D eigenvalue weighted by Gasteiger charge is -2.06. The van der Waals surface area contributed by atoms with Crippen molar-refractivity contribution in [1.29, 1.82) is 0 Å². The topological polar surface area (TPSA) is 58.2 Å². The molecule has 1 aromatic carbocycles. The van der Waals surface area contributed by atoms with Crippen molar-refractivity contribution in [3.05, 3.63) is 52.9 Å². The Hall–Kier alpha value is -1.21. The minimum absolute atomic E-state index is 0.306. The Bertz CT molecular complexity index is 664. The molecule has 0 aliphatic carbocycles. The van der Waals surface area contributed by atoms with Crippen molar-refractivity contribution in [2.45, 2.75) is 37.2 Å². The monoisotopic (exact) mass is 324 g/mol. The molecular formula is C15H20N2O2S2. The molecule has 4 nitrogen and oxygen atoms in total. The lowest BCUT2D eigenvalue weighted by molar-refractivity contribution is 0.583. The van der Waals surface area contributed by atoms with E-state index in [0.717, 1.165) is 10.4 Å². The van der Waals surface area contributed by atoms with E-state index in [1.165, 1.54) is 11.3 Å². The molecule has 21 heavy (non-hydrogen) atoms. The van der Waals surface area contributed by atoms with Crippen LogP contribution in [0.3, 0.4) is 0 Å². The fourth-order valence-electron chi connectivity index (χ4n) is 1.75. The predicted molar refractivity (Wildman–Crippen MR) is 86.8 cm³/mol. The van der Waals surface area contributed by atoms with Crippen LogP contribution in [0.4, 0.5) is 0 Å². The largest absolute Gasteiger partial charge is 0.310 e. The van der Waals surface area contributed by atoms with E-state index in [1.54, 1.807) is 6.07 Å². The van der Waals surface area contributed by atoms with Gasteiger partial charge in [0, 0.05) is 24.0 Å². The average molecular weight is 324 g/mol. The minimum atomic E-state index is -3.44. The van der Waals surface area contributed by atoms with Crippen molar-refractivity contribution in [2.24, 2.45) is 0 Å². The van der Waals surface area contributed by atoms with Gasteiger partial charge in [0.25, 0.3) is 0 Å². The first-order chi connectivity index (χ1) is 9.97. The van der Waals surface area contributed by atoms with E-state index < -0.39 is 10.0 Å². The highest BCUT2D eigenvalue weighted by molar-refractivity contribution is 7.91. The standard InChI is InChI=1S/C15H20N2O2S2/c1-12(2)16-11-14-8-9-15(20-14)21(18,19)17-10-13-6-4-3-5-7-13/h3-9,12,16-17H,10-11H2,1-2H3. The summed E-state index contributed by atoms with van der Waals surface area (Å²) in [5.74, 6) is 0. The van der Waals surface area contributed by atoms with Crippen molar-refractivity contribution in [3.8, 4) is 0 Å². The fourth-order valence-corrected chi connectivity index (χ4v) is 4.12. The third kappa shape index (κ3) is 4.93. The molecule has 0 amide bonds. The summed E-state index contributed by atoms with van der Waals surface area (Å²) < 4.78 is 27.5. The van der Waals surface area contributed by atoms with Crippen LogP contribution in [-0.4, -0.2) is 14.5 Å². The molecule has 2 N–H and O–H groups in total. The molecule has 0 radical (unpaired) electrons. The van der Waals surface area contributed by atoms with Crippen LogP contribution in [0.25, 0.3) is 0 Å².